The topological polar surface area (TPSA) is 17.1 Å². The minimum Gasteiger partial charge on any atom is -0.286 e. The van der Waals surface area contributed by atoms with Gasteiger partial charge in [-0.1, -0.05) is 36.4 Å². The summed E-state index contributed by atoms with van der Waals surface area (Å²) >= 11 is 0. The third kappa shape index (κ3) is 1.86. The van der Waals surface area contributed by atoms with Gasteiger partial charge in [0, 0.05) is 0 Å². The van der Waals surface area contributed by atoms with E-state index < -0.39 is 0 Å². The highest BCUT2D eigenvalue weighted by Crippen LogP contribution is 1.99. The van der Waals surface area contributed by atoms with Gasteiger partial charge in [0.2, 0.25) is 6.29 Å². The number of allylic oxidation sites excluding steroid dienone is 1. The minimum absolute atomic E-state index is 1.02. The molecule has 0 aliphatic rings. The summed E-state index contributed by atoms with van der Waals surface area (Å²) in [7, 11) is 0. The Kier molecular flexibility index (Phi) is 2.44. The Hall–Kier alpha value is -1.37. The van der Waals surface area contributed by atoms with E-state index in [9.17, 15) is 4.79 Å². The fourth-order valence-corrected chi connectivity index (χ4v) is 0.694. The van der Waals surface area contributed by atoms with E-state index >= 15 is 0 Å². The van der Waals surface area contributed by atoms with Gasteiger partial charge in [0.1, 0.15) is 0 Å². The lowest BCUT2D eigenvalue weighted by Gasteiger charge is -1.86. The Morgan fingerprint density at radius 2 is 1.90 bits per heavy atom. The van der Waals surface area contributed by atoms with E-state index in [4.69, 9.17) is 0 Å². The van der Waals surface area contributed by atoms with Crippen LogP contribution in [0.25, 0.3) is 6.08 Å². The average Bonchev–Trinajstić information content (AvgIpc) is 2.03. The van der Waals surface area contributed by atoms with E-state index in [1.54, 1.807) is 12.4 Å². The first kappa shape index (κ1) is 6.75. The fourth-order valence-electron chi connectivity index (χ4n) is 0.694. The molecule has 1 heteroatoms. The molecule has 1 radical (unpaired) electrons. The van der Waals surface area contributed by atoms with Crippen LogP contribution in [0.1, 0.15) is 5.56 Å². The third-order valence-electron chi connectivity index (χ3n) is 1.14. The second-order valence-corrected chi connectivity index (χ2v) is 1.86. The highest BCUT2D eigenvalue weighted by atomic mass is 16.1. The fraction of sp³-hybridized carbons (Fsp3) is 0. The second kappa shape index (κ2) is 3.62. The van der Waals surface area contributed by atoms with Crippen molar-refractivity contribution in [1.29, 1.82) is 0 Å². The minimum atomic E-state index is 1.02. The Labute approximate surface area is 60.0 Å². The van der Waals surface area contributed by atoms with Crippen molar-refractivity contribution >= 4 is 12.4 Å². The van der Waals surface area contributed by atoms with Gasteiger partial charge in [-0.05, 0) is 11.6 Å². The smallest absolute Gasteiger partial charge is 0.225 e. The molecular formula is C9H7O. The maximum atomic E-state index is 9.77. The van der Waals surface area contributed by atoms with Crippen molar-refractivity contribution in [3.8, 4) is 0 Å². The molecule has 0 N–H and O–H groups in total. The van der Waals surface area contributed by atoms with Crippen LogP contribution in [0.15, 0.2) is 36.4 Å². The van der Waals surface area contributed by atoms with Gasteiger partial charge < -0.3 is 0 Å². The highest BCUT2D eigenvalue weighted by molar-refractivity contribution is 5.74. The zero-order valence-electron chi connectivity index (χ0n) is 5.45. The van der Waals surface area contributed by atoms with Crippen LogP contribution in [0.5, 0.6) is 0 Å². The normalized spacial score (nSPS) is 10.0. The molecular weight excluding hydrogens is 124 g/mol. The van der Waals surface area contributed by atoms with Crippen molar-refractivity contribution in [3.05, 3.63) is 42.0 Å². The van der Waals surface area contributed by atoms with Gasteiger partial charge in [0.15, 0.2) is 0 Å². The zero-order valence-corrected chi connectivity index (χ0v) is 5.45. The number of hydrogen-bond donors (Lipinski definition) is 0. The summed E-state index contributed by atoms with van der Waals surface area (Å²) in [5, 5.41) is 0. The Bertz CT molecular complexity index is 224. The Morgan fingerprint density at radius 1 is 1.20 bits per heavy atom. The largest absolute Gasteiger partial charge is 0.286 e. The Morgan fingerprint density at radius 3 is 2.50 bits per heavy atom. The van der Waals surface area contributed by atoms with Crippen LogP contribution in [-0.4, -0.2) is 6.29 Å². The summed E-state index contributed by atoms with van der Waals surface area (Å²) in [5.74, 6) is 0. The first-order chi connectivity index (χ1) is 4.93. The molecule has 0 aliphatic carbocycles. The number of benzene rings is 1. The Balaban J connectivity index is 2.76. The molecule has 0 amide bonds. The van der Waals surface area contributed by atoms with Gasteiger partial charge in [-0.2, -0.15) is 0 Å². The lowest BCUT2D eigenvalue weighted by Crippen LogP contribution is -1.67. The first-order valence-electron chi connectivity index (χ1n) is 3.03. The molecule has 0 atom stereocenters. The van der Waals surface area contributed by atoms with Crippen molar-refractivity contribution in [2.45, 2.75) is 0 Å². The number of carbonyl (C=O) groups excluding carboxylic acids is 1. The SMILES string of the molecule is O=[C]C=Cc1ccccc1. The van der Waals surface area contributed by atoms with Crippen molar-refractivity contribution in [2.24, 2.45) is 0 Å². The molecule has 0 bridgehead atoms. The van der Waals surface area contributed by atoms with Gasteiger partial charge in [-0.25, -0.2) is 0 Å². The molecule has 10 heavy (non-hydrogen) atoms. The van der Waals surface area contributed by atoms with Crippen LogP contribution in [0.2, 0.25) is 0 Å². The van der Waals surface area contributed by atoms with Crippen molar-refractivity contribution < 1.29 is 4.79 Å². The monoisotopic (exact) mass is 131 g/mol. The molecule has 0 heterocycles. The number of hydrogen-bond acceptors (Lipinski definition) is 1. The third-order valence-corrected chi connectivity index (χ3v) is 1.14. The van der Waals surface area contributed by atoms with Crippen LogP contribution in [0.3, 0.4) is 0 Å². The summed E-state index contributed by atoms with van der Waals surface area (Å²) in [5.41, 5.74) is 1.02. The van der Waals surface area contributed by atoms with E-state index in [-0.39, 0.29) is 0 Å². The van der Waals surface area contributed by atoms with Crippen molar-refractivity contribution in [3.63, 3.8) is 0 Å². The average molecular weight is 131 g/mol. The zero-order chi connectivity index (χ0) is 7.23. The van der Waals surface area contributed by atoms with Crippen LogP contribution in [-0.2, 0) is 4.79 Å². The molecule has 0 aromatic heterocycles. The molecule has 0 saturated heterocycles. The molecule has 1 aromatic rings. The van der Waals surface area contributed by atoms with Crippen LogP contribution < -0.4 is 0 Å². The van der Waals surface area contributed by atoms with Gasteiger partial charge >= 0.3 is 0 Å². The molecule has 0 unspecified atom stereocenters. The van der Waals surface area contributed by atoms with E-state index in [0.717, 1.165) is 5.56 Å². The molecule has 0 saturated carbocycles. The van der Waals surface area contributed by atoms with Crippen molar-refractivity contribution in [2.75, 3.05) is 0 Å². The second-order valence-electron chi connectivity index (χ2n) is 1.86. The summed E-state index contributed by atoms with van der Waals surface area (Å²) in [6.45, 7) is 0. The molecule has 0 fully saturated rings. The van der Waals surface area contributed by atoms with Crippen molar-refractivity contribution in [1.82, 2.24) is 0 Å². The quantitative estimate of drug-likeness (QED) is 0.559. The number of rotatable bonds is 2. The predicted molar refractivity (Wildman–Crippen MR) is 41.2 cm³/mol. The molecule has 1 aromatic carbocycles. The summed E-state index contributed by atoms with van der Waals surface area (Å²) < 4.78 is 0. The van der Waals surface area contributed by atoms with E-state index in [1.807, 2.05) is 30.3 Å². The highest BCUT2D eigenvalue weighted by Gasteiger charge is 1.79. The summed E-state index contributed by atoms with van der Waals surface area (Å²) in [4.78, 5) is 9.77. The predicted octanol–water partition coefficient (Wildman–Crippen LogP) is 1.81. The molecule has 0 spiro atoms. The summed E-state index contributed by atoms with van der Waals surface area (Å²) in [6.07, 6.45) is 4.76. The summed E-state index contributed by atoms with van der Waals surface area (Å²) in [6, 6.07) is 9.62. The van der Waals surface area contributed by atoms with Crippen LogP contribution >= 0.6 is 0 Å². The lowest BCUT2D eigenvalue weighted by molar-refractivity contribution is 0.564. The van der Waals surface area contributed by atoms with Gasteiger partial charge in [0.25, 0.3) is 0 Å². The van der Waals surface area contributed by atoms with E-state index in [0.29, 0.717) is 0 Å². The maximum Gasteiger partial charge on any atom is 0.225 e. The van der Waals surface area contributed by atoms with Crippen LogP contribution in [0, 0.1) is 0 Å². The van der Waals surface area contributed by atoms with Gasteiger partial charge in [0.05, 0.1) is 0 Å². The van der Waals surface area contributed by atoms with Crippen LogP contribution in [0.4, 0.5) is 0 Å². The molecule has 1 rings (SSSR count). The standard InChI is InChI=1S/C9H7O/c10-8-4-7-9-5-2-1-3-6-9/h1-7H. The lowest BCUT2D eigenvalue weighted by atomic mass is 10.2. The first-order valence-corrected chi connectivity index (χ1v) is 3.03. The van der Waals surface area contributed by atoms with E-state index in [1.165, 1.54) is 6.08 Å². The maximum absolute atomic E-state index is 9.77. The van der Waals surface area contributed by atoms with E-state index in [2.05, 4.69) is 0 Å². The molecule has 0 aliphatic heterocycles. The van der Waals surface area contributed by atoms with Gasteiger partial charge in [-0.3, -0.25) is 4.79 Å². The molecule has 49 valence electrons. The molecule has 1 nitrogen and oxygen atoms in total. The van der Waals surface area contributed by atoms with Gasteiger partial charge in [-0.15, -0.1) is 0 Å².